The third kappa shape index (κ3) is 6.83. The number of likely N-dealkylation sites (N-methyl/N-ethyl adjacent to an activating group) is 1. The molecule has 0 saturated carbocycles. The van der Waals surface area contributed by atoms with Crippen LogP contribution in [0.5, 0.6) is 0 Å². The van der Waals surface area contributed by atoms with E-state index in [1.165, 1.54) is 6.07 Å². The summed E-state index contributed by atoms with van der Waals surface area (Å²) in [6.07, 6.45) is -2.40. The second kappa shape index (κ2) is 11.8. The number of hydrogen-bond acceptors (Lipinski definition) is 6. The molecule has 234 valence electrons. The van der Waals surface area contributed by atoms with Crippen LogP contribution in [0, 0.1) is 0 Å². The molecule has 1 aromatic heterocycles. The molecule has 2 amide bonds. The van der Waals surface area contributed by atoms with Gasteiger partial charge in [0.1, 0.15) is 11.3 Å². The number of aromatic nitrogens is 1. The van der Waals surface area contributed by atoms with E-state index in [2.05, 4.69) is 32.5 Å². The predicted molar refractivity (Wildman–Crippen MR) is 162 cm³/mol. The van der Waals surface area contributed by atoms with E-state index in [0.29, 0.717) is 22.4 Å². The number of halogens is 3. The number of likely N-dealkylation sites (tertiary alicyclic amines) is 1. The monoisotopic (exact) mass is 609 g/mol. The third-order valence-electron chi connectivity index (χ3n) is 8.12. The Morgan fingerprint density at radius 2 is 1.75 bits per heavy atom. The van der Waals surface area contributed by atoms with Crippen molar-refractivity contribution in [2.75, 3.05) is 31.6 Å². The molecule has 2 saturated heterocycles. The van der Waals surface area contributed by atoms with Gasteiger partial charge in [-0.25, -0.2) is 4.79 Å². The highest BCUT2D eigenvalue weighted by Crippen LogP contribution is 2.41. The van der Waals surface area contributed by atoms with Crippen LogP contribution < -0.4 is 15.5 Å². The molecule has 2 aromatic carbocycles. The number of nitrogens with one attached hydrogen (secondary N) is 2. The summed E-state index contributed by atoms with van der Waals surface area (Å²) in [5, 5.41) is 5.60. The van der Waals surface area contributed by atoms with Crippen molar-refractivity contribution in [3.63, 3.8) is 0 Å². The largest absolute Gasteiger partial charge is 0.444 e. The first-order valence-electron chi connectivity index (χ1n) is 14.6. The minimum absolute atomic E-state index is 0.0160. The van der Waals surface area contributed by atoms with Crippen LogP contribution in [0.4, 0.5) is 23.7 Å². The van der Waals surface area contributed by atoms with Crippen LogP contribution in [-0.4, -0.2) is 59.7 Å². The van der Waals surface area contributed by atoms with E-state index in [-0.39, 0.29) is 24.0 Å². The van der Waals surface area contributed by atoms with Gasteiger partial charge in [0.15, 0.2) is 0 Å². The quantitative estimate of drug-likeness (QED) is 0.333. The number of alkyl halides is 3. The summed E-state index contributed by atoms with van der Waals surface area (Å²) in [6.45, 7) is 9.97. The SMILES string of the molecule is C[C@@H](NC(=O)c1cc(N2CCC23CN(C)C3)ccn1)c1ccc(-c2cc(C(F)(F)F)ccc2CNC(=O)OC(C)(C)C)cc1. The van der Waals surface area contributed by atoms with Crippen molar-refractivity contribution in [3.8, 4) is 11.1 Å². The first kappa shape index (κ1) is 31.3. The van der Waals surface area contributed by atoms with Crippen molar-refractivity contribution in [1.82, 2.24) is 20.5 Å². The maximum atomic E-state index is 13.6. The van der Waals surface area contributed by atoms with Crippen LogP contribution in [0.1, 0.15) is 67.3 Å². The van der Waals surface area contributed by atoms with Crippen LogP contribution in [0.25, 0.3) is 11.1 Å². The number of benzene rings is 2. The zero-order chi connectivity index (χ0) is 31.9. The minimum Gasteiger partial charge on any atom is -0.444 e. The summed E-state index contributed by atoms with van der Waals surface area (Å²) in [5.74, 6) is -0.308. The van der Waals surface area contributed by atoms with E-state index >= 15 is 0 Å². The van der Waals surface area contributed by atoms with Crippen LogP contribution in [0.2, 0.25) is 0 Å². The Morgan fingerprint density at radius 1 is 1.05 bits per heavy atom. The van der Waals surface area contributed by atoms with Gasteiger partial charge in [0.05, 0.1) is 17.1 Å². The lowest BCUT2D eigenvalue weighted by Gasteiger charge is -2.63. The summed E-state index contributed by atoms with van der Waals surface area (Å²) >= 11 is 0. The number of ether oxygens (including phenoxy) is 1. The average Bonchev–Trinajstić information content (AvgIpc) is 2.92. The van der Waals surface area contributed by atoms with E-state index in [4.69, 9.17) is 4.74 Å². The summed E-state index contributed by atoms with van der Waals surface area (Å²) in [7, 11) is 2.10. The highest BCUT2D eigenvalue weighted by molar-refractivity contribution is 5.93. The van der Waals surface area contributed by atoms with Crippen molar-refractivity contribution < 1.29 is 27.5 Å². The normalized spacial score (nSPS) is 17.0. The molecule has 5 rings (SSSR count). The minimum atomic E-state index is -4.53. The molecule has 0 unspecified atom stereocenters. The summed E-state index contributed by atoms with van der Waals surface area (Å²) < 4.78 is 46.0. The molecular formula is C33H38F3N5O3. The molecule has 2 N–H and O–H groups in total. The summed E-state index contributed by atoms with van der Waals surface area (Å²) in [6, 6.07) is 13.8. The number of rotatable bonds is 7. The molecule has 0 bridgehead atoms. The van der Waals surface area contributed by atoms with Crippen molar-refractivity contribution in [2.24, 2.45) is 0 Å². The van der Waals surface area contributed by atoms with Gasteiger partial charge in [0.2, 0.25) is 0 Å². The van der Waals surface area contributed by atoms with E-state index in [1.807, 2.05) is 19.1 Å². The van der Waals surface area contributed by atoms with Crippen LogP contribution >= 0.6 is 0 Å². The van der Waals surface area contributed by atoms with Gasteiger partial charge in [0.25, 0.3) is 5.91 Å². The molecule has 1 atom stereocenters. The Balaban J connectivity index is 1.29. The standard InChI is InChI=1S/C33H38F3N5O3/c1-21(39-29(42)28-17-26(12-14-37-28)41-15-13-32(41)19-40(5)20-32)22-6-8-23(9-7-22)27-16-25(33(34,35)36)11-10-24(27)18-38-30(43)44-31(2,3)4/h6-12,14,16-17,21H,13,15,18-20H2,1-5H3,(H,38,43)(H,39,42)/t21-/m1/s1. The smallest absolute Gasteiger partial charge is 0.416 e. The summed E-state index contributed by atoms with van der Waals surface area (Å²) in [4.78, 5) is 34.2. The molecule has 44 heavy (non-hydrogen) atoms. The first-order chi connectivity index (χ1) is 20.6. The third-order valence-corrected chi connectivity index (χ3v) is 8.12. The Bertz CT molecular complexity index is 1530. The van der Waals surface area contributed by atoms with Gasteiger partial charge in [-0.15, -0.1) is 0 Å². The Labute approximate surface area is 255 Å². The predicted octanol–water partition coefficient (Wildman–Crippen LogP) is 6.18. The lowest BCUT2D eigenvalue weighted by atomic mass is 9.77. The Kier molecular flexibility index (Phi) is 8.37. The number of carbonyl (C=O) groups is 2. The lowest BCUT2D eigenvalue weighted by molar-refractivity contribution is -0.137. The fourth-order valence-electron chi connectivity index (χ4n) is 5.90. The number of alkyl carbamates (subject to hydrolysis) is 1. The van der Waals surface area contributed by atoms with E-state index in [0.717, 1.165) is 49.4 Å². The molecule has 2 aliphatic heterocycles. The zero-order valence-electron chi connectivity index (χ0n) is 25.6. The van der Waals surface area contributed by atoms with E-state index in [9.17, 15) is 22.8 Å². The van der Waals surface area contributed by atoms with Gasteiger partial charge in [-0.2, -0.15) is 13.2 Å². The number of pyridine rings is 1. The highest BCUT2D eigenvalue weighted by Gasteiger charge is 2.52. The molecule has 11 heteroatoms. The molecule has 3 heterocycles. The number of carbonyl (C=O) groups excluding carboxylic acids is 2. The second-order valence-electron chi connectivity index (χ2n) is 12.7. The number of anilines is 1. The van der Waals surface area contributed by atoms with Crippen LogP contribution in [0.15, 0.2) is 60.8 Å². The number of nitrogens with zero attached hydrogens (tertiary/aromatic N) is 3. The molecular weight excluding hydrogens is 571 g/mol. The summed E-state index contributed by atoms with van der Waals surface area (Å²) in [5.41, 5.74) is 2.12. The molecule has 0 aliphatic carbocycles. The van der Waals surface area contributed by atoms with Gasteiger partial charge in [-0.1, -0.05) is 30.3 Å². The average molecular weight is 610 g/mol. The molecule has 2 aliphatic rings. The molecule has 8 nitrogen and oxygen atoms in total. The van der Waals surface area contributed by atoms with Crippen molar-refractivity contribution in [2.45, 2.75) is 64.0 Å². The Hall–Kier alpha value is -4.12. The van der Waals surface area contributed by atoms with Crippen molar-refractivity contribution in [3.05, 3.63) is 83.2 Å². The maximum Gasteiger partial charge on any atom is 0.416 e. The zero-order valence-corrected chi connectivity index (χ0v) is 25.6. The fraction of sp³-hybridized carbons (Fsp3) is 0.424. The van der Waals surface area contributed by atoms with Gasteiger partial charge in [-0.3, -0.25) is 9.78 Å². The van der Waals surface area contributed by atoms with Gasteiger partial charge >= 0.3 is 12.3 Å². The molecule has 2 fully saturated rings. The highest BCUT2D eigenvalue weighted by atomic mass is 19.4. The van der Waals surface area contributed by atoms with Crippen LogP contribution in [-0.2, 0) is 17.5 Å². The van der Waals surface area contributed by atoms with Crippen molar-refractivity contribution in [1.29, 1.82) is 0 Å². The van der Waals surface area contributed by atoms with Gasteiger partial charge < -0.3 is 25.2 Å². The van der Waals surface area contributed by atoms with Gasteiger partial charge in [-0.05, 0) is 87.7 Å². The van der Waals surface area contributed by atoms with E-state index in [1.54, 1.807) is 51.2 Å². The Morgan fingerprint density at radius 3 is 2.34 bits per heavy atom. The molecule has 3 aromatic rings. The first-order valence-corrected chi connectivity index (χ1v) is 14.6. The van der Waals surface area contributed by atoms with Crippen molar-refractivity contribution >= 4 is 17.7 Å². The number of hydrogen-bond donors (Lipinski definition) is 2. The molecule has 1 spiro atoms. The number of amides is 2. The van der Waals surface area contributed by atoms with Crippen LogP contribution in [0.3, 0.4) is 0 Å². The fourth-order valence-corrected chi connectivity index (χ4v) is 5.90. The molecule has 0 radical (unpaired) electrons. The van der Waals surface area contributed by atoms with E-state index < -0.39 is 23.4 Å². The second-order valence-corrected chi connectivity index (χ2v) is 12.7. The van der Waals surface area contributed by atoms with Gasteiger partial charge in [0, 0.05) is 38.1 Å². The topological polar surface area (TPSA) is 86.8 Å². The lowest BCUT2D eigenvalue weighted by Crippen LogP contribution is -2.76. The maximum absolute atomic E-state index is 13.6.